The van der Waals surface area contributed by atoms with Crippen LogP contribution in [0.2, 0.25) is 0 Å². The second-order valence-electron chi connectivity index (χ2n) is 3.25. The SMILES string of the molecule is COc1cc(C(N)=O)ncc1OC(C)C. The number of carbonyl (C=O) groups is 1. The number of methoxy groups -OCH3 is 1. The first-order valence-corrected chi connectivity index (χ1v) is 4.55. The van der Waals surface area contributed by atoms with Crippen molar-refractivity contribution in [2.24, 2.45) is 5.73 Å². The highest BCUT2D eigenvalue weighted by atomic mass is 16.5. The van der Waals surface area contributed by atoms with Crippen molar-refractivity contribution >= 4 is 5.91 Å². The van der Waals surface area contributed by atoms with Crippen molar-refractivity contribution in [3.8, 4) is 11.5 Å². The van der Waals surface area contributed by atoms with Crippen LogP contribution in [-0.2, 0) is 0 Å². The lowest BCUT2D eigenvalue weighted by atomic mass is 10.3. The first-order chi connectivity index (χ1) is 7.04. The number of nitrogens with two attached hydrogens (primary N) is 1. The van der Waals surface area contributed by atoms with Gasteiger partial charge >= 0.3 is 0 Å². The van der Waals surface area contributed by atoms with Crippen LogP contribution in [0, 0.1) is 0 Å². The largest absolute Gasteiger partial charge is 0.493 e. The molecule has 1 heterocycles. The molecule has 0 atom stereocenters. The Morgan fingerprint density at radius 3 is 2.60 bits per heavy atom. The molecule has 1 aromatic rings. The molecule has 1 aromatic heterocycles. The first kappa shape index (κ1) is 11.3. The molecule has 0 aliphatic carbocycles. The van der Waals surface area contributed by atoms with Crippen molar-refractivity contribution in [3.05, 3.63) is 18.0 Å². The van der Waals surface area contributed by atoms with Gasteiger partial charge < -0.3 is 15.2 Å². The summed E-state index contributed by atoms with van der Waals surface area (Å²) in [5, 5.41) is 0. The van der Waals surface area contributed by atoms with E-state index in [0.29, 0.717) is 11.5 Å². The van der Waals surface area contributed by atoms with Gasteiger partial charge in [0.2, 0.25) is 0 Å². The standard InChI is InChI=1S/C10H14N2O3/c1-6(2)15-9-5-12-7(10(11)13)4-8(9)14-3/h4-6H,1-3H3,(H2,11,13). The molecule has 0 saturated carbocycles. The Bertz CT molecular complexity index is 364. The Kier molecular flexibility index (Phi) is 3.49. The highest BCUT2D eigenvalue weighted by Gasteiger charge is 2.11. The summed E-state index contributed by atoms with van der Waals surface area (Å²) in [6, 6.07) is 1.46. The van der Waals surface area contributed by atoms with Gasteiger partial charge in [-0.3, -0.25) is 4.79 Å². The highest BCUT2D eigenvalue weighted by Crippen LogP contribution is 2.27. The molecule has 15 heavy (non-hydrogen) atoms. The van der Waals surface area contributed by atoms with E-state index in [9.17, 15) is 4.79 Å². The van der Waals surface area contributed by atoms with Crippen molar-refractivity contribution in [2.45, 2.75) is 20.0 Å². The van der Waals surface area contributed by atoms with E-state index in [2.05, 4.69) is 4.98 Å². The second-order valence-corrected chi connectivity index (χ2v) is 3.25. The predicted octanol–water partition coefficient (Wildman–Crippen LogP) is 0.976. The van der Waals surface area contributed by atoms with Crippen LogP contribution in [0.1, 0.15) is 24.3 Å². The minimum absolute atomic E-state index is 0.0140. The van der Waals surface area contributed by atoms with Crippen LogP contribution in [0.4, 0.5) is 0 Å². The van der Waals surface area contributed by atoms with Crippen LogP contribution in [-0.4, -0.2) is 24.1 Å². The molecular weight excluding hydrogens is 196 g/mol. The van der Waals surface area contributed by atoms with Gasteiger partial charge in [-0.15, -0.1) is 0 Å². The summed E-state index contributed by atoms with van der Waals surface area (Å²) in [7, 11) is 1.49. The molecular formula is C10H14N2O3. The number of ether oxygens (including phenoxy) is 2. The van der Waals surface area contributed by atoms with Crippen molar-refractivity contribution in [3.63, 3.8) is 0 Å². The molecule has 0 aliphatic heterocycles. The number of aromatic nitrogens is 1. The third-order valence-corrected chi connectivity index (χ3v) is 1.67. The van der Waals surface area contributed by atoms with Gasteiger partial charge in [0.1, 0.15) is 5.69 Å². The summed E-state index contributed by atoms with van der Waals surface area (Å²) >= 11 is 0. The number of pyridine rings is 1. The van der Waals surface area contributed by atoms with Gasteiger partial charge in [-0.25, -0.2) is 4.98 Å². The molecule has 0 bridgehead atoms. The molecule has 5 nitrogen and oxygen atoms in total. The summed E-state index contributed by atoms with van der Waals surface area (Å²) in [4.78, 5) is 14.7. The van der Waals surface area contributed by atoms with E-state index in [1.54, 1.807) is 0 Å². The Balaban J connectivity index is 3.03. The summed E-state index contributed by atoms with van der Waals surface area (Å²) in [6.07, 6.45) is 1.44. The number of nitrogens with zero attached hydrogens (tertiary/aromatic N) is 1. The fourth-order valence-electron chi connectivity index (χ4n) is 1.06. The van der Waals surface area contributed by atoms with Crippen LogP contribution < -0.4 is 15.2 Å². The number of hydrogen-bond acceptors (Lipinski definition) is 4. The minimum atomic E-state index is -0.593. The van der Waals surface area contributed by atoms with Crippen LogP contribution in [0.15, 0.2) is 12.3 Å². The molecule has 0 radical (unpaired) electrons. The number of rotatable bonds is 4. The normalized spacial score (nSPS) is 10.1. The van der Waals surface area contributed by atoms with E-state index >= 15 is 0 Å². The summed E-state index contributed by atoms with van der Waals surface area (Å²) < 4.78 is 10.5. The van der Waals surface area contributed by atoms with Crippen molar-refractivity contribution in [1.82, 2.24) is 4.98 Å². The van der Waals surface area contributed by atoms with Gasteiger partial charge in [0, 0.05) is 6.07 Å². The first-order valence-electron chi connectivity index (χ1n) is 4.55. The Labute approximate surface area is 88.2 Å². The van der Waals surface area contributed by atoms with Gasteiger partial charge in [-0.1, -0.05) is 0 Å². The predicted molar refractivity (Wildman–Crippen MR) is 55.1 cm³/mol. The lowest BCUT2D eigenvalue weighted by Gasteiger charge is -2.13. The molecule has 82 valence electrons. The Hall–Kier alpha value is -1.78. The fraction of sp³-hybridized carbons (Fsp3) is 0.400. The molecule has 0 aromatic carbocycles. The average Bonchev–Trinajstić information content (AvgIpc) is 2.17. The van der Waals surface area contributed by atoms with Crippen LogP contribution in [0.5, 0.6) is 11.5 Å². The molecule has 0 aliphatic rings. The molecule has 0 saturated heterocycles. The maximum atomic E-state index is 10.9. The summed E-state index contributed by atoms with van der Waals surface area (Å²) in [5.41, 5.74) is 5.25. The Morgan fingerprint density at radius 2 is 2.13 bits per heavy atom. The number of amides is 1. The molecule has 0 unspecified atom stereocenters. The fourth-order valence-corrected chi connectivity index (χ4v) is 1.06. The lowest BCUT2D eigenvalue weighted by molar-refractivity contribution is 0.0995. The van der Waals surface area contributed by atoms with Crippen molar-refractivity contribution in [1.29, 1.82) is 0 Å². The van der Waals surface area contributed by atoms with Crippen LogP contribution >= 0.6 is 0 Å². The number of hydrogen-bond donors (Lipinski definition) is 1. The van der Waals surface area contributed by atoms with E-state index in [-0.39, 0.29) is 11.8 Å². The molecule has 1 amide bonds. The van der Waals surface area contributed by atoms with Crippen molar-refractivity contribution < 1.29 is 14.3 Å². The van der Waals surface area contributed by atoms with Gasteiger partial charge in [0.05, 0.1) is 19.4 Å². The van der Waals surface area contributed by atoms with Gasteiger partial charge in [0.15, 0.2) is 11.5 Å². The topological polar surface area (TPSA) is 74.4 Å². The van der Waals surface area contributed by atoms with Gasteiger partial charge in [-0.2, -0.15) is 0 Å². The maximum absolute atomic E-state index is 10.9. The van der Waals surface area contributed by atoms with Crippen LogP contribution in [0.25, 0.3) is 0 Å². The van der Waals surface area contributed by atoms with E-state index in [1.807, 2.05) is 13.8 Å². The highest BCUT2D eigenvalue weighted by molar-refractivity contribution is 5.91. The van der Waals surface area contributed by atoms with Crippen LogP contribution in [0.3, 0.4) is 0 Å². The molecule has 0 spiro atoms. The second kappa shape index (κ2) is 4.63. The van der Waals surface area contributed by atoms with E-state index in [0.717, 1.165) is 0 Å². The maximum Gasteiger partial charge on any atom is 0.267 e. The summed E-state index contributed by atoms with van der Waals surface area (Å²) in [6.45, 7) is 3.78. The summed E-state index contributed by atoms with van der Waals surface area (Å²) in [5.74, 6) is 0.356. The molecule has 2 N–H and O–H groups in total. The smallest absolute Gasteiger partial charge is 0.267 e. The monoisotopic (exact) mass is 210 g/mol. The molecule has 1 rings (SSSR count). The molecule has 5 heteroatoms. The number of carbonyl (C=O) groups excluding carboxylic acids is 1. The van der Waals surface area contributed by atoms with Gasteiger partial charge in [0.25, 0.3) is 5.91 Å². The lowest BCUT2D eigenvalue weighted by Crippen LogP contribution is -2.14. The average molecular weight is 210 g/mol. The van der Waals surface area contributed by atoms with Crippen molar-refractivity contribution in [2.75, 3.05) is 7.11 Å². The zero-order chi connectivity index (χ0) is 11.4. The van der Waals surface area contributed by atoms with E-state index < -0.39 is 5.91 Å². The Morgan fingerprint density at radius 1 is 1.47 bits per heavy atom. The quantitative estimate of drug-likeness (QED) is 0.803. The zero-order valence-corrected chi connectivity index (χ0v) is 8.98. The number of primary amides is 1. The van der Waals surface area contributed by atoms with E-state index in [4.69, 9.17) is 15.2 Å². The minimum Gasteiger partial charge on any atom is -0.493 e. The third-order valence-electron chi connectivity index (χ3n) is 1.67. The zero-order valence-electron chi connectivity index (χ0n) is 8.98. The van der Waals surface area contributed by atoms with E-state index in [1.165, 1.54) is 19.4 Å². The third kappa shape index (κ3) is 2.83. The van der Waals surface area contributed by atoms with Gasteiger partial charge in [-0.05, 0) is 13.8 Å². The molecule has 0 fully saturated rings.